The van der Waals surface area contributed by atoms with E-state index in [4.69, 9.17) is 14.1 Å². The standard InChI is InChI=1S/Al.Ca.H2O3Si.Sr.7H/c;;1-4(2)3;;;;;;;;/h;;1-2H;;;;;;;;/q;+2;;+2;;;;4*-1. The predicted octanol–water partition coefficient (Wildman–Crippen LogP) is -3.11. The average Bonchev–Trinajstić information content (AvgIpc) is 0.811. The van der Waals surface area contributed by atoms with Crippen LogP contribution in [0.3, 0.4) is 0 Å². The molecule has 0 aliphatic heterocycles. The first-order chi connectivity index (χ1) is 1.73. The van der Waals surface area contributed by atoms with Crippen LogP contribution < -0.4 is 0 Å². The molecule has 0 bridgehead atoms. The summed E-state index contributed by atoms with van der Waals surface area (Å²) >= 11 is 0. The quantitative estimate of drug-likeness (QED) is 0.440. The minimum absolute atomic E-state index is 0. The normalized spacial score (nSPS) is 3.43. The number of hydrogen-bond donors (Lipinski definition) is 2. The van der Waals surface area contributed by atoms with Crippen LogP contribution in [0.5, 0.6) is 0 Å². The third kappa shape index (κ3) is 50.5. The van der Waals surface area contributed by atoms with Crippen molar-refractivity contribution in [2.75, 3.05) is 0 Å². The molecule has 0 unspecified atom stereocenters. The molecule has 0 aliphatic rings. The van der Waals surface area contributed by atoms with E-state index in [0.717, 1.165) is 0 Å². The van der Waals surface area contributed by atoms with E-state index in [-0.39, 0.29) is 106 Å². The zero-order valence-electron chi connectivity index (χ0n) is 7.22. The van der Waals surface area contributed by atoms with Gasteiger partial charge >= 0.3 is 92.4 Å². The molecule has 3 nitrogen and oxygen atoms in total. The Balaban J connectivity index is -0.00000000214. The Bertz CT molecular complexity index is 48.3. The molecule has 38 valence electrons. The molecular weight excluding hydrogens is 231 g/mol. The van der Waals surface area contributed by atoms with Crippen molar-refractivity contribution in [2.45, 2.75) is 0 Å². The van der Waals surface area contributed by atoms with Gasteiger partial charge in [0, 0.05) is 0 Å². The van der Waals surface area contributed by atoms with Crippen LogP contribution in [0.1, 0.15) is 5.71 Å². The van der Waals surface area contributed by atoms with Gasteiger partial charge in [-0.25, -0.2) is 0 Å². The molecular formula is H9AlCaO3SiSr. The SMILES string of the molecule is O=[Si](O)O.[AlH3].[Ca+2].[H-].[H-].[H-].[H-].[Sr+2]. The van der Waals surface area contributed by atoms with Crippen LogP contribution >= 0.6 is 0 Å². The fourth-order valence-electron chi connectivity index (χ4n) is 0. The maximum absolute atomic E-state index is 8.74. The maximum Gasteiger partial charge on any atom is 2.00 e. The Morgan fingerprint density at radius 2 is 1.43 bits per heavy atom. The summed E-state index contributed by atoms with van der Waals surface area (Å²) in [6.45, 7) is 0. The Hall–Kier alpha value is 2.89. The minimum Gasteiger partial charge on any atom is -1.00 e. The largest absolute Gasteiger partial charge is 2.00 e. The summed E-state index contributed by atoms with van der Waals surface area (Å²) in [5.74, 6) is 0. The van der Waals surface area contributed by atoms with Crippen LogP contribution in [0.2, 0.25) is 0 Å². The van der Waals surface area contributed by atoms with Gasteiger partial charge in [0.2, 0.25) is 0 Å². The third-order valence-corrected chi connectivity index (χ3v) is 0. The van der Waals surface area contributed by atoms with Crippen molar-refractivity contribution in [1.29, 1.82) is 0 Å². The van der Waals surface area contributed by atoms with E-state index in [1.807, 2.05) is 0 Å². The van der Waals surface area contributed by atoms with Gasteiger partial charge in [-0.1, -0.05) is 0 Å². The first-order valence-electron chi connectivity index (χ1n) is 0.651. The van der Waals surface area contributed by atoms with Crippen molar-refractivity contribution in [3.8, 4) is 0 Å². The van der Waals surface area contributed by atoms with Crippen LogP contribution in [-0.4, -0.2) is 119 Å². The summed E-state index contributed by atoms with van der Waals surface area (Å²) in [7, 11) is -3.13. The third-order valence-electron chi connectivity index (χ3n) is 0. The zero-order chi connectivity index (χ0) is 3.58. The average molecular weight is 240 g/mol. The molecule has 0 radical (unpaired) electrons. The van der Waals surface area contributed by atoms with E-state index in [2.05, 4.69) is 0 Å². The fraction of sp³-hybridized carbons (Fsp3) is 0. The molecule has 0 saturated carbocycles. The van der Waals surface area contributed by atoms with Gasteiger partial charge < -0.3 is 15.3 Å². The summed E-state index contributed by atoms with van der Waals surface area (Å²) in [4.78, 5) is 14.3. The van der Waals surface area contributed by atoms with Gasteiger partial charge in [-0.2, -0.15) is 0 Å². The predicted molar refractivity (Wildman–Crippen MR) is 36.8 cm³/mol. The summed E-state index contributed by atoms with van der Waals surface area (Å²) in [6.07, 6.45) is 0. The van der Waals surface area contributed by atoms with E-state index in [9.17, 15) is 0 Å². The molecule has 0 aromatic rings. The van der Waals surface area contributed by atoms with Crippen LogP contribution in [0.15, 0.2) is 0 Å². The van der Waals surface area contributed by atoms with Gasteiger partial charge in [0.25, 0.3) is 0 Å². The molecule has 0 amide bonds. The minimum atomic E-state index is -3.13. The van der Waals surface area contributed by atoms with E-state index in [1.165, 1.54) is 0 Å². The Morgan fingerprint density at radius 1 is 1.43 bits per heavy atom. The molecule has 7 heavy (non-hydrogen) atoms. The van der Waals surface area contributed by atoms with Gasteiger partial charge in [0.1, 0.15) is 0 Å². The van der Waals surface area contributed by atoms with Crippen molar-refractivity contribution >= 4 is 110 Å². The van der Waals surface area contributed by atoms with Gasteiger partial charge in [-0.15, -0.1) is 0 Å². The molecule has 0 atom stereocenters. The smallest absolute Gasteiger partial charge is 1.00 e. The summed E-state index contributed by atoms with van der Waals surface area (Å²) in [5.41, 5.74) is 0. The van der Waals surface area contributed by atoms with E-state index < -0.39 is 9.17 Å². The number of rotatable bonds is 0. The Kier molecular flexibility index (Phi) is 51.3. The van der Waals surface area contributed by atoms with E-state index >= 15 is 0 Å². The van der Waals surface area contributed by atoms with Gasteiger partial charge in [0.05, 0.1) is 0 Å². The van der Waals surface area contributed by atoms with Crippen molar-refractivity contribution in [3.05, 3.63) is 0 Å². The number of hydrogen-bond acceptors (Lipinski definition) is 1. The monoisotopic (exact) mass is 240 g/mol. The Morgan fingerprint density at radius 3 is 1.43 bits per heavy atom. The van der Waals surface area contributed by atoms with E-state index in [1.54, 1.807) is 0 Å². The molecule has 0 saturated heterocycles. The second-order valence-electron chi connectivity index (χ2n) is 0.283. The van der Waals surface area contributed by atoms with Gasteiger partial charge in [-0.05, 0) is 0 Å². The van der Waals surface area contributed by atoms with Gasteiger partial charge in [0.15, 0.2) is 17.4 Å². The first kappa shape index (κ1) is 22.5. The fourth-order valence-corrected chi connectivity index (χ4v) is 0. The first-order valence-corrected chi connectivity index (χ1v) is 1.95. The summed E-state index contributed by atoms with van der Waals surface area (Å²) in [6, 6.07) is 0. The molecule has 7 heteroatoms. The van der Waals surface area contributed by atoms with Crippen LogP contribution in [-0.2, 0) is 4.46 Å². The van der Waals surface area contributed by atoms with Crippen LogP contribution in [0.4, 0.5) is 0 Å². The topological polar surface area (TPSA) is 57.5 Å². The molecule has 0 heterocycles. The van der Waals surface area contributed by atoms with Crippen LogP contribution in [0, 0.1) is 0 Å². The van der Waals surface area contributed by atoms with Crippen molar-refractivity contribution in [2.24, 2.45) is 0 Å². The molecule has 0 aromatic heterocycles. The summed E-state index contributed by atoms with van der Waals surface area (Å²) in [5, 5.41) is 0. The van der Waals surface area contributed by atoms with Crippen LogP contribution in [0.25, 0.3) is 0 Å². The maximum atomic E-state index is 8.74. The zero-order valence-corrected chi connectivity index (χ0v) is 9.90. The molecule has 0 rings (SSSR count). The molecule has 0 aliphatic carbocycles. The second-order valence-corrected chi connectivity index (χ2v) is 0.848. The van der Waals surface area contributed by atoms with Crippen molar-refractivity contribution < 1.29 is 19.8 Å². The molecule has 2 N–H and O–H groups in total. The van der Waals surface area contributed by atoms with Crippen molar-refractivity contribution in [3.63, 3.8) is 0 Å². The summed E-state index contributed by atoms with van der Waals surface area (Å²) < 4.78 is 8.74. The van der Waals surface area contributed by atoms with Gasteiger partial charge in [-0.3, -0.25) is 4.46 Å². The van der Waals surface area contributed by atoms with Crippen molar-refractivity contribution in [1.82, 2.24) is 0 Å². The molecule has 0 fully saturated rings. The van der Waals surface area contributed by atoms with E-state index in [0.29, 0.717) is 0 Å². The molecule has 0 spiro atoms. The molecule has 0 aromatic carbocycles. The second kappa shape index (κ2) is 16.0. The Labute approximate surface area is 127 Å².